The normalized spacial score (nSPS) is 11.1. The highest BCUT2D eigenvalue weighted by atomic mass is 16.5. The van der Waals surface area contributed by atoms with Crippen LogP contribution >= 0.6 is 0 Å². The first-order valence-corrected chi connectivity index (χ1v) is 10.3. The predicted molar refractivity (Wildman–Crippen MR) is 127 cm³/mol. The fourth-order valence-electron chi connectivity index (χ4n) is 3.23. The van der Waals surface area contributed by atoms with E-state index in [1.54, 1.807) is 25.1 Å². The Balaban J connectivity index is 1.54. The molecule has 0 aliphatic heterocycles. The summed E-state index contributed by atoms with van der Waals surface area (Å²) in [6.07, 6.45) is 0. The minimum absolute atomic E-state index is 0.121. The molecular formula is C26H27N3O3. The lowest BCUT2D eigenvalue weighted by Crippen LogP contribution is -2.25. The molecule has 0 aliphatic rings. The minimum Gasteiger partial charge on any atom is -0.484 e. The van der Waals surface area contributed by atoms with Crippen LogP contribution in [0.15, 0.2) is 71.8 Å². The number of aryl methyl sites for hydroxylation is 3. The van der Waals surface area contributed by atoms with Crippen molar-refractivity contribution in [1.82, 2.24) is 5.43 Å². The summed E-state index contributed by atoms with van der Waals surface area (Å²) in [5.41, 5.74) is 8.37. The van der Waals surface area contributed by atoms with E-state index in [-0.39, 0.29) is 18.4 Å². The number of nitrogens with zero attached hydrogens (tertiary/aromatic N) is 1. The molecule has 2 amide bonds. The Bertz CT molecular complexity index is 1130. The Morgan fingerprint density at radius 3 is 2.22 bits per heavy atom. The molecule has 0 heterocycles. The van der Waals surface area contributed by atoms with Crippen LogP contribution in [0.4, 0.5) is 5.69 Å². The van der Waals surface area contributed by atoms with Gasteiger partial charge in [-0.3, -0.25) is 9.59 Å². The first-order valence-electron chi connectivity index (χ1n) is 10.3. The molecule has 0 atom stereocenters. The van der Waals surface area contributed by atoms with Crippen molar-refractivity contribution in [2.24, 2.45) is 5.10 Å². The molecule has 0 bridgehead atoms. The van der Waals surface area contributed by atoms with Crippen LogP contribution in [0.3, 0.4) is 0 Å². The molecule has 0 spiro atoms. The Morgan fingerprint density at radius 1 is 0.906 bits per heavy atom. The quantitative estimate of drug-likeness (QED) is 0.419. The molecule has 0 aliphatic carbocycles. The van der Waals surface area contributed by atoms with Gasteiger partial charge in [0.15, 0.2) is 6.61 Å². The Morgan fingerprint density at radius 2 is 1.56 bits per heavy atom. The first kappa shape index (κ1) is 22.7. The summed E-state index contributed by atoms with van der Waals surface area (Å²) in [7, 11) is 0. The van der Waals surface area contributed by atoms with E-state index in [1.807, 2.05) is 69.3 Å². The molecule has 0 saturated carbocycles. The predicted octanol–water partition coefficient (Wildman–Crippen LogP) is 4.78. The van der Waals surface area contributed by atoms with Crippen LogP contribution in [0.1, 0.15) is 39.5 Å². The smallest absolute Gasteiger partial charge is 0.277 e. The number of hydrogen-bond acceptors (Lipinski definition) is 4. The number of carbonyl (C=O) groups is 2. The molecule has 164 valence electrons. The average molecular weight is 430 g/mol. The molecule has 2 N–H and O–H groups in total. The third-order valence-electron chi connectivity index (χ3n) is 4.86. The van der Waals surface area contributed by atoms with Crippen molar-refractivity contribution in [2.75, 3.05) is 11.9 Å². The van der Waals surface area contributed by atoms with E-state index in [2.05, 4.69) is 15.8 Å². The SMILES string of the molecule is C/C(=N/NC(=O)COc1cc(C)cc(C)c1)c1ccc(NC(=O)c2ccccc2C)cc1. The standard InChI is InChI=1S/C26H27N3O3/c1-17-13-18(2)15-23(14-17)32-16-25(30)29-28-20(4)21-9-11-22(12-10-21)27-26(31)24-8-6-5-7-19(24)3/h5-15H,16H2,1-4H3,(H,27,31)(H,29,30)/b28-20-. The maximum atomic E-state index is 12.4. The maximum Gasteiger partial charge on any atom is 0.277 e. The highest BCUT2D eigenvalue weighted by Gasteiger charge is 2.09. The highest BCUT2D eigenvalue weighted by Crippen LogP contribution is 2.16. The van der Waals surface area contributed by atoms with E-state index < -0.39 is 0 Å². The lowest BCUT2D eigenvalue weighted by atomic mass is 10.1. The van der Waals surface area contributed by atoms with Crippen molar-refractivity contribution in [2.45, 2.75) is 27.7 Å². The molecule has 0 unspecified atom stereocenters. The van der Waals surface area contributed by atoms with Gasteiger partial charge in [-0.1, -0.05) is 36.4 Å². The third kappa shape index (κ3) is 6.28. The number of anilines is 1. The van der Waals surface area contributed by atoms with Crippen LogP contribution in [0, 0.1) is 20.8 Å². The number of ether oxygens (including phenoxy) is 1. The second-order valence-corrected chi connectivity index (χ2v) is 7.69. The topological polar surface area (TPSA) is 79.8 Å². The first-order chi connectivity index (χ1) is 15.3. The monoisotopic (exact) mass is 429 g/mol. The number of carbonyl (C=O) groups excluding carboxylic acids is 2. The third-order valence-corrected chi connectivity index (χ3v) is 4.86. The summed E-state index contributed by atoms with van der Waals surface area (Å²) >= 11 is 0. The second-order valence-electron chi connectivity index (χ2n) is 7.69. The summed E-state index contributed by atoms with van der Waals surface area (Å²) in [4.78, 5) is 24.5. The van der Waals surface area contributed by atoms with Gasteiger partial charge in [-0.25, -0.2) is 5.43 Å². The molecule has 0 radical (unpaired) electrons. The van der Waals surface area contributed by atoms with E-state index in [0.717, 1.165) is 22.3 Å². The van der Waals surface area contributed by atoms with E-state index in [1.165, 1.54) is 0 Å². The van der Waals surface area contributed by atoms with Crippen LogP contribution < -0.4 is 15.5 Å². The van der Waals surface area contributed by atoms with Gasteiger partial charge >= 0.3 is 0 Å². The van der Waals surface area contributed by atoms with Crippen molar-refractivity contribution in [3.8, 4) is 5.75 Å². The van der Waals surface area contributed by atoms with Crippen molar-refractivity contribution < 1.29 is 14.3 Å². The molecule has 3 rings (SSSR count). The Kier molecular flexibility index (Phi) is 7.39. The average Bonchev–Trinajstić information content (AvgIpc) is 2.76. The van der Waals surface area contributed by atoms with Gasteiger partial charge in [-0.2, -0.15) is 5.10 Å². The highest BCUT2D eigenvalue weighted by molar-refractivity contribution is 6.05. The molecule has 6 heteroatoms. The second kappa shape index (κ2) is 10.4. The van der Waals surface area contributed by atoms with Crippen LogP contribution in [0.25, 0.3) is 0 Å². The summed E-state index contributed by atoms with van der Waals surface area (Å²) in [6, 6.07) is 20.5. The largest absolute Gasteiger partial charge is 0.484 e. The number of hydrazone groups is 1. The van der Waals surface area contributed by atoms with Gasteiger partial charge in [0.25, 0.3) is 11.8 Å². The summed E-state index contributed by atoms with van der Waals surface area (Å²) in [6.45, 7) is 7.54. The van der Waals surface area contributed by atoms with Gasteiger partial charge in [-0.15, -0.1) is 0 Å². The van der Waals surface area contributed by atoms with Gasteiger partial charge < -0.3 is 10.1 Å². The number of benzene rings is 3. The van der Waals surface area contributed by atoms with Crippen LogP contribution in [0.5, 0.6) is 5.75 Å². The van der Waals surface area contributed by atoms with E-state index in [0.29, 0.717) is 22.7 Å². The molecular weight excluding hydrogens is 402 g/mol. The van der Waals surface area contributed by atoms with Crippen LogP contribution in [-0.4, -0.2) is 24.1 Å². The number of rotatable bonds is 7. The molecule has 32 heavy (non-hydrogen) atoms. The van der Waals surface area contributed by atoms with Crippen LogP contribution in [0.2, 0.25) is 0 Å². The minimum atomic E-state index is -0.342. The van der Waals surface area contributed by atoms with E-state index in [9.17, 15) is 9.59 Å². The number of amides is 2. The van der Waals surface area contributed by atoms with Crippen molar-refractivity contribution >= 4 is 23.2 Å². The van der Waals surface area contributed by atoms with Crippen molar-refractivity contribution in [3.05, 3.63) is 94.5 Å². The Hall–Kier alpha value is -3.93. The summed E-state index contributed by atoms with van der Waals surface area (Å²) < 4.78 is 5.54. The van der Waals surface area contributed by atoms with Crippen LogP contribution in [-0.2, 0) is 4.79 Å². The van der Waals surface area contributed by atoms with Gasteiger partial charge in [0.2, 0.25) is 0 Å². The van der Waals surface area contributed by atoms with E-state index in [4.69, 9.17) is 4.74 Å². The Labute approximate surface area is 188 Å². The molecule has 3 aromatic carbocycles. The van der Waals surface area contributed by atoms with Gasteiger partial charge in [0.05, 0.1) is 5.71 Å². The molecule has 6 nitrogen and oxygen atoms in total. The van der Waals surface area contributed by atoms with Crippen molar-refractivity contribution in [1.29, 1.82) is 0 Å². The summed E-state index contributed by atoms with van der Waals surface area (Å²) in [5, 5.41) is 7.03. The lowest BCUT2D eigenvalue weighted by molar-refractivity contribution is -0.123. The lowest BCUT2D eigenvalue weighted by Gasteiger charge is -2.09. The van der Waals surface area contributed by atoms with Gasteiger partial charge in [0.1, 0.15) is 5.75 Å². The summed E-state index contributed by atoms with van der Waals surface area (Å²) in [5.74, 6) is 0.157. The zero-order valence-corrected chi connectivity index (χ0v) is 18.7. The molecule has 0 saturated heterocycles. The fraction of sp³-hybridized carbons (Fsp3) is 0.192. The molecule has 0 aromatic heterocycles. The maximum absolute atomic E-state index is 12.4. The molecule has 3 aromatic rings. The number of hydrogen-bond donors (Lipinski definition) is 2. The zero-order valence-electron chi connectivity index (χ0n) is 18.7. The zero-order chi connectivity index (χ0) is 23.1. The van der Waals surface area contributed by atoms with Gasteiger partial charge in [0, 0.05) is 11.3 Å². The van der Waals surface area contributed by atoms with Gasteiger partial charge in [-0.05, 0) is 80.3 Å². The van der Waals surface area contributed by atoms with Crippen molar-refractivity contribution in [3.63, 3.8) is 0 Å². The number of nitrogens with one attached hydrogen (secondary N) is 2. The molecule has 0 fully saturated rings. The van der Waals surface area contributed by atoms with E-state index >= 15 is 0 Å². The fourth-order valence-corrected chi connectivity index (χ4v) is 3.23.